The molecule has 0 fully saturated rings. The second-order valence-corrected chi connectivity index (χ2v) is 4.85. The largest absolute Gasteiger partial charge is 0.508 e. The molecule has 0 aliphatic carbocycles. The zero-order valence-electron chi connectivity index (χ0n) is 11.0. The Bertz CT molecular complexity index is 704. The van der Waals surface area contributed by atoms with E-state index in [0.29, 0.717) is 11.3 Å². The number of rotatable bonds is 4. The van der Waals surface area contributed by atoms with Gasteiger partial charge in [-0.05, 0) is 24.3 Å². The molecule has 21 heavy (non-hydrogen) atoms. The standard InChI is InChI=1S/C15H13FN2O2S/c16-10-5-6-12(11(8-10)15(17)21)18-14(20)7-9-3-1-2-4-13(9)19/h1-6,8,19H,7H2,(H2,17,21)(H,18,20). The van der Waals surface area contributed by atoms with Crippen LogP contribution in [0.4, 0.5) is 10.1 Å². The van der Waals surface area contributed by atoms with Gasteiger partial charge in [-0.25, -0.2) is 4.39 Å². The number of thiocarbonyl (C=S) groups is 1. The molecular formula is C15H13FN2O2S. The molecule has 2 rings (SSSR count). The van der Waals surface area contributed by atoms with Crippen LogP contribution in [-0.4, -0.2) is 16.0 Å². The lowest BCUT2D eigenvalue weighted by Crippen LogP contribution is -2.19. The Morgan fingerprint density at radius 2 is 2.00 bits per heavy atom. The minimum atomic E-state index is -0.489. The van der Waals surface area contributed by atoms with E-state index in [2.05, 4.69) is 5.32 Å². The molecule has 0 aliphatic rings. The number of carbonyl (C=O) groups excluding carboxylic acids is 1. The van der Waals surface area contributed by atoms with Crippen molar-refractivity contribution in [2.24, 2.45) is 5.73 Å². The molecule has 0 aromatic heterocycles. The number of amides is 1. The van der Waals surface area contributed by atoms with Gasteiger partial charge in [-0.3, -0.25) is 4.79 Å². The Morgan fingerprint density at radius 3 is 2.67 bits per heavy atom. The molecule has 0 radical (unpaired) electrons. The lowest BCUT2D eigenvalue weighted by Gasteiger charge is -2.11. The lowest BCUT2D eigenvalue weighted by molar-refractivity contribution is -0.115. The summed E-state index contributed by atoms with van der Waals surface area (Å²) in [6, 6.07) is 10.3. The summed E-state index contributed by atoms with van der Waals surface area (Å²) in [6.45, 7) is 0. The number of phenolic OH excluding ortho intramolecular Hbond substituents is 1. The molecule has 108 valence electrons. The molecule has 6 heteroatoms. The van der Waals surface area contributed by atoms with Gasteiger partial charge < -0.3 is 16.2 Å². The van der Waals surface area contributed by atoms with Gasteiger partial charge in [0.25, 0.3) is 0 Å². The fourth-order valence-corrected chi connectivity index (χ4v) is 2.03. The second-order valence-electron chi connectivity index (χ2n) is 4.41. The van der Waals surface area contributed by atoms with E-state index >= 15 is 0 Å². The molecule has 4 nitrogen and oxygen atoms in total. The van der Waals surface area contributed by atoms with Crippen LogP contribution in [-0.2, 0) is 11.2 Å². The number of phenols is 1. The number of halogens is 1. The van der Waals surface area contributed by atoms with Gasteiger partial charge in [0.1, 0.15) is 16.6 Å². The number of anilines is 1. The van der Waals surface area contributed by atoms with Crippen molar-refractivity contribution in [2.45, 2.75) is 6.42 Å². The number of hydrogen-bond acceptors (Lipinski definition) is 3. The summed E-state index contributed by atoms with van der Waals surface area (Å²) in [6.07, 6.45) is -0.0131. The van der Waals surface area contributed by atoms with Crippen LogP contribution in [0.25, 0.3) is 0 Å². The van der Waals surface area contributed by atoms with E-state index in [-0.39, 0.29) is 28.6 Å². The summed E-state index contributed by atoms with van der Waals surface area (Å²) in [5, 5.41) is 12.2. The molecule has 0 unspecified atom stereocenters. The molecule has 0 spiro atoms. The van der Waals surface area contributed by atoms with Crippen LogP contribution in [0.3, 0.4) is 0 Å². The maximum atomic E-state index is 13.2. The molecule has 0 saturated heterocycles. The molecule has 2 aromatic carbocycles. The fraction of sp³-hybridized carbons (Fsp3) is 0.0667. The summed E-state index contributed by atoms with van der Waals surface area (Å²) in [5.74, 6) is -0.807. The van der Waals surface area contributed by atoms with Gasteiger partial charge in [-0.15, -0.1) is 0 Å². The van der Waals surface area contributed by atoms with E-state index in [1.54, 1.807) is 18.2 Å². The summed E-state index contributed by atoms with van der Waals surface area (Å²) in [4.78, 5) is 12.0. The van der Waals surface area contributed by atoms with Crippen LogP contribution >= 0.6 is 12.2 Å². The van der Waals surface area contributed by atoms with E-state index < -0.39 is 5.82 Å². The van der Waals surface area contributed by atoms with E-state index in [0.717, 1.165) is 6.07 Å². The number of hydrogen-bond donors (Lipinski definition) is 3. The van der Waals surface area contributed by atoms with Crippen LogP contribution in [0.2, 0.25) is 0 Å². The molecule has 0 saturated carbocycles. The van der Waals surface area contributed by atoms with Crippen molar-refractivity contribution in [3.63, 3.8) is 0 Å². The smallest absolute Gasteiger partial charge is 0.228 e. The minimum Gasteiger partial charge on any atom is -0.508 e. The monoisotopic (exact) mass is 304 g/mol. The van der Waals surface area contributed by atoms with Gasteiger partial charge in [0, 0.05) is 11.1 Å². The highest BCUT2D eigenvalue weighted by Gasteiger charge is 2.12. The zero-order chi connectivity index (χ0) is 15.4. The quantitative estimate of drug-likeness (QED) is 0.758. The molecule has 0 bridgehead atoms. The highest BCUT2D eigenvalue weighted by Crippen LogP contribution is 2.19. The fourth-order valence-electron chi connectivity index (χ4n) is 1.86. The summed E-state index contributed by atoms with van der Waals surface area (Å²) in [5.41, 5.74) is 6.60. The second kappa shape index (κ2) is 6.32. The third-order valence-corrected chi connectivity index (χ3v) is 3.08. The van der Waals surface area contributed by atoms with Crippen LogP contribution in [0.15, 0.2) is 42.5 Å². The van der Waals surface area contributed by atoms with Crippen LogP contribution in [0.1, 0.15) is 11.1 Å². The first-order valence-electron chi connectivity index (χ1n) is 6.13. The zero-order valence-corrected chi connectivity index (χ0v) is 11.8. The van der Waals surface area contributed by atoms with Crippen molar-refractivity contribution in [3.05, 3.63) is 59.4 Å². The summed E-state index contributed by atoms with van der Waals surface area (Å²) >= 11 is 4.83. The molecule has 0 heterocycles. The van der Waals surface area contributed by atoms with Crippen molar-refractivity contribution < 1.29 is 14.3 Å². The normalized spacial score (nSPS) is 10.1. The van der Waals surface area contributed by atoms with E-state index in [4.69, 9.17) is 18.0 Å². The maximum Gasteiger partial charge on any atom is 0.228 e. The topological polar surface area (TPSA) is 75.3 Å². The van der Waals surface area contributed by atoms with Crippen molar-refractivity contribution in [3.8, 4) is 5.75 Å². The highest BCUT2D eigenvalue weighted by atomic mass is 32.1. The molecule has 0 atom stereocenters. The van der Waals surface area contributed by atoms with Gasteiger partial charge >= 0.3 is 0 Å². The maximum absolute atomic E-state index is 13.2. The third-order valence-electron chi connectivity index (χ3n) is 2.86. The Kier molecular flexibility index (Phi) is 4.49. The predicted octanol–water partition coefficient (Wildman–Crippen LogP) is 2.35. The molecule has 0 aliphatic heterocycles. The molecule has 1 amide bonds. The van der Waals surface area contributed by atoms with Gasteiger partial charge in [0.05, 0.1) is 12.1 Å². The molecule has 2 aromatic rings. The first-order chi connectivity index (χ1) is 9.97. The first kappa shape index (κ1) is 14.9. The van der Waals surface area contributed by atoms with Gasteiger partial charge in [-0.2, -0.15) is 0 Å². The Hall–Kier alpha value is -2.47. The van der Waals surface area contributed by atoms with Crippen LogP contribution in [0.5, 0.6) is 5.75 Å². The number of para-hydroxylation sites is 1. The average molecular weight is 304 g/mol. The first-order valence-corrected chi connectivity index (χ1v) is 6.54. The van der Waals surface area contributed by atoms with E-state index in [9.17, 15) is 14.3 Å². The van der Waals surface area contributed by atoms with Crippen LogP contribution in [0, 0.1) is 5.82 Å². The number of nitrogens with one attached hydrogen (secondary N) is 1. The molecular weight excluding hydrogens is 291 g/mol. The Morgan fingerprint density at radius 1 is 1.29 bits per heavy atom. The minimum absolute atomic E-state index is 0.00708. The Labute approximate surface area is 126 Å². The lowest BCUT2D eigenvalue weighted by atomic mass is 10.1. The number of nitrogens with two attached hydrogens (primary N) is 1. The van der Waals surface area contributed by atoms with Gasteiger partial charge in [0.2, 0.25) is 5.91 Å². The number of aromatic hydroxyl groups is 1. The van der Waals surface area contributed by atoms with E-state index in [1.807, 2.05) is 0 Å². The summed E-state index contributed by atoms with van der Waals surface area (Å²) < 4.78 is 13.2. The van der Waals surface area contributed by atoms with Gasteiger partial charge in [0.15, 0.2) is 0 Å². The third kappa shape index (κ3) is 3.76. The van der Waals surface area contributed by atoms with Crippen molar-refractivity contribution in [1.29, 1.82) is 0 Å². The van der Waals surface area contributed by atoms with Gasteiger partial charge in [-0.1, -0.05) is 30.4 Å². The van der Waals surface area contributed by atoms with Crippen LogP contribution < -0.4 is 11.1 Å². The van der Waals surface area contributed by atoms with Crippen molar-refractivity contribution >= 4 is 28.8 Å². The SMILES string of the molecule is NC(=S)c1cc(F)ccc1NC(=O)Cc1ccccc1O. The number of benzene rings is 2. The average Bonchev–Trinajstić information content (AvgIpc) is 2.43. The van der Waals surface area contributed by atoms with Crippen molar-refractivity contribution in [1.82, 2.24) is 0 Å². The Balaban J connectivity index is 2.17. The van der Waals surface area contributed by atoms with E-state index in [1.165, 1.54) is 18.2 Å². The predicted molar refractivity (Wildman–Crippen MR) is 82.7 cm³/mol. The molecule has 4 N–H and O–H groups in total. The highest BCUT2D eigenvalue weighted by molar-refractivity contribution is 7.80. The number of carbonyl (C=O) groups is 1. The summed E-state index contributed by atoms with van der Waals surface area (Å²) in [7, 11) is 0. The van der Waals surface area contributed by atoms with Crippen molar-refractivity contribution in [2.75, 3.05) is 5.32 Å².